The smallest absolute Gasteiger partial charge is 0.255 e. The number of amides is 1. The van der Waals surface area contributed by atoms with E-state index in [0.717, 1.165) is 12.1 Å². The fourth-order valence-corrected chi connectivity index (χ4v) is 2.36. The number of nitrogens with zero attached hydrogens (tertiary/aromatic N) is 1. The lowest BCUT2D eigenvalue weighted by molar-refractivity contribution is 0.101. The highest BCUT2D eigenvalue weighted by Crippen LogP contribution is 2.20. The van der Waals surface area contributed by atoms with Gasteiger partial charge in [-0.1, -0.05) is 0 Å². The molecule has 0 aliphatic heterocycles. The summed E-state index contributed by atoms with van der Waals surface area (Å²) in [5.74, 6) is -1.67. The maximum Gasteiger partial charge on any atom is 0.255 e. The third-order valence-electron chi connectivity index (χ3n) is 3.77. The zero-order valence-corrected chi connectivity index (χ0v) is 14.3. The summed E-state index contributed by atoms with van der Waals surface area (Å²) >= 11 is 0. The monoisotopic (exact) mass is 367 g/mol. The number of hydrogen-bond acceptors (Lipinski definition) is 4. The number of hydrogen-bond donors (Lipinski definition) is 2. The van der Waals surface area contributed by atoms with Crippen LogP contribution in [0.5, 0.6) is 0 Å². The minimum absolute atomic E-state index is 0.0429. The van der Waals surface area contributed by atoms with Crippen molar-refractivity contribution in [2.75, 3.05) is 10.6 Å². The molecule has 0 fully saturated rings. The Morgan fingerprint density at radius 1 is 0.926 bits per heavy atom. The molecule has 1 amide bonds. The SMILES string of the molecule is CC(=O)c1ccc(NC(=O)c2ccnc(Nc3ccc(F)cc3F)c2)cc1. The van der Waals surface area contributed by atoms with Crippen molar-refractivity contribution in [3.05, 3.63) is 83.6 Å². The van der Waals surface area contributed by atoms with Gasteiger partial charge in [-0.3, -0.25) is 9.59 Å². The van der Waals surface area contributed by atoms with Crippen LogP contribution >= 0.6 is 0 Å². The fraction of sp³-hybridized carbons (Fsp3) is 0.0500. The summed E-state index contributed by atoms with van der Waals surface area (Å²) in [6, 6.07) is 12.6. The molecule has 0 aliphatic carbocycles. The van der Waals surface area contributed by atoms with E-state index in [0.29, 0.717) is 16.8 Å². The second-order valence-corrected chi connectivity index (χ2v) is 5.77. The summed E-state index contributed by atoms with van der Waals surface area (Å²) in [4.78, 5) is 27.7. The predicted octanol–water partition coefficient (Wildman–Crippen LogP) is 4.56. The van der Waals surface area contributed by atoms with Crippen molar-refractivity contribution in [1.29, 1.82) is 0 Å². The number of Topliss-reactive ketones (excluding diaryl/α,β-unsaturated/α-hetero) is 1. The molecule has 5 nitrogen and oxygen atoms in total. The Hall–Kier alpha value is -3.61. The molecule has 1 aromatic heterocycles. The first-order valence-electron chi connectivity index (χ1n) is 8.03. The van der Waals surface area contributed by atoms with E-state index < -0.39 is 17.5 Å². The summed E-state index contributed by atoms with van der Waals surface area (Å²) in [5, 5.41) is 5.41. The van der Waals surface area contributed by atoms with Gasteiger partial charge in [-0.25, -0.2) is 13.8 Å². The van der Waals surface area contributed by atoms with Crippen molar-refractivity contribution >= 4 is 28.9 Å². The standard InChI is InChI=1S/C20H15F2N3O2/c1-12(26)13-2-5-16(6-3-13)24-20(27)14-8-9-23-19(10-14)25-18-7-4-15(21)11-17(18)22/h2-11H,1H3,(H,23,25)(H,24,27). The molecule has 0 unspecified atom stereocenters. The topological polar surface area (TPSA) is 71.1 Å². The van der Waals surface area contributed by atoms with Crippen LogP contribution in [0, 0.1) is 11.6 Å². The van der Waals surface area contributed by atoms with Gasteiger partial charge < -0.3 is 10.6 Å². The van der Waals surface area contributed by atoms with Gasteiger partial charge in [-0.15, -0.1) is 0 Å². The van der Waals surface area contributed by atoms with Crippen molar-refractivity contribution in [2.45, 2.75) is 6.92 Å². The van der Waals surface area contributed by atoms with E-state index in [-0.39, 0.29) is 17.3 Å². The van der Waals surface area contributed by atoms with Crippen LogP contribution in [0.3, 0.4) is 0 Å². The minimum atomic E-state index is -0.766. The Balaban J connectivity index is 1.74. The van der Waals surface area contributed by atoms with Gasteiger partial charge in [0.25, 0.3) is 5.91 Å². The van der Waals surface area contributed by atoms with Gasteiger partial charge in [0.2, 0.25) is 0 Å². The molecule has 0 saturated carbocycles. The molecule has 0 bridgehead atoms. The number of anilines is 3. The largest absolute Gasteiger partial charge is 0.338 e. The van der Waals surface area contributed by atoms with E-state index in [9.17, 15) is 18.4 Å². The molecule has 136 valence electrons. The molecule has 1 heterocycles. The molecule has 0 aliphatic rings. The summed E-state index contributed by atoms with van der Waals surface area (Å²) in [7, 11) is 0. The van der Waals surface area contributed by atoms with Gasteiger partial charge in [0.15, 0.2) is 5.78 Å². The third-order valence-corrected chi connectivity index (χ3v) is 3.77. The first-order valence-corrected chi connectivity index (χ1v) is 8.03. The summed E-state index contributed by atoms with van der Waals surface area (Å²) in [6.07, 6.45) is 1.40. The van der Waals surface area contributed by atoms with Gasteiger partial charge in [0, 0.05) is 29.1 Å². The first-order chi connectivity index (χ1) is 12.9. The Labute approximate surface area is 154 Å². The lowest BCUT2D eigenvalue weighted by Gasteiger charge is -2.09. The fourth-order valence-electron chi connectivity index (χ4n) is 2.36. The molecule has 3 aromatic rings. The highest BCUT2D eigenvalue weighted by atomic mass is 19.1. The van der Waals surface area contributed by atoms with E-state index in [1.54, 1.807) is 24.3 Å². The number of rotatable bonds is 5. The molecule has 27 heavy (non-hydrogen) atoms. The van der Waals surface area contributed by atoms with E-state index in [1.165, 1.54) is 31.3 Å². The van der Waals surface area contributed by atoms with Gasteiger partial charge in [-0.05, 0) is 55.5 Å². The number of ketones is 1. The van der Waals surface area contributed by atoms with Crippen molar-refractivity contribution in [2.24, 2.45) is 0 Å². The average molecular weight is 367 g/mol. The van der Waals surface area contributed by atoms with E-state index in [1.807, 2.05) is 0 Å². The normalized spacial score (nSPS) is 10.3. The summed E-state index contributed by atoms with van der Waals surface area (Å²) in [6.45, 7) is 1.46. The van der Waals surface area contributed by atoms with Crippen molar-refractivity contribution in [1.82, 2.24) is 4.98 Å². The maximum absolute atomic E-state index is 13.7. The third kappa shape index (κ3) is 4.52. The number of aromatic nitrogens is 1. The lowest BCUT2D eigenvalue weighted by atomic mass is 10.1. The summed E-state index contributed by atoms with van der Waals surface area (Å²) < 4.78 is 26.7. The number of benzene rings is 2. The van der Waals surface area contributed by atoms with Crippen LogP contribution in [0.4, 0.5) is 26.0 Å². The van der Waals surface area contributed by atoms with Crippen LogP contribution in [0.15, 0.2) is 60.8 Å². The second-order valence-electron chi connectivity index (χ2n) is 5.77. The number of halogens is 2. The molecular weight excluding hydrogens is 352 g/mol. The van der Waals surface area contributed by atoms with Crippen LogP contribution in [-0.4, -0.2) is 16.7 Å². The van der Waals surface area contributed by atoms with Gasteiger partial charge in [-0.2, -0.15) is 0 Å². The number of carbonyl (C=O) groups is 2. The van der Waals surface area contributed by atoms with Gasteiger partial charge in [0.05, 0.1) is 5.69 Å². The highest BCUT2D eigenvalue weighted by molar-refractivity contribution is 6.05. The summed E-state index contributed by atoms with van der Waals surface area (Å²) in [5.41, 5.74) is 1.41. The van der Waals surface area contributed by atoms with Crippen molar-refractivity contribution in [3.8, 4) is 0 Å². The van der Waals surface area contributed by atoms with Gasteiger partial charge >= 0.3 is 0 Å². The molecule has 2 aromatic carbocycles. The van der Waals surface area contributed by atoms with Crippen molar-refractivity contribution < 1.29 is 18.4 Å². The molecule has 0 radical (unpaired) electrons. The predicted molar refractivity (Wildman–Crippen MR) is 98.3 cm³/mol. The number of pyridine rings is 1. The molecule has 0 spiro atoms. The Kier molecular flexibility index (Phi) is 5.21. The molecular formula is C20H15F2N3O2. The van der Waals surface area contributed by atoms with Crippen LogP contribution in [0.2, 0.25) is 0 Å². The zero-order chi connectivity index (χ0) is 19.4. The van der Waals surface area contributed by atoms with E-state index in [2.05, 4.69) is 15.6 Å². The molecule has 0 saturated heterocycles. The highest BCUT2D eigenvalue weighted by Gasteiger charge is 2.10. The Morgan fingerprint density at radius 2 is 1.67 bits per heavy atom. The van der Waals surface area contributed by atoms with E-state index in [4.69, 9.17) is 0 Å². The second kappa shape index (κ2) is 7.74. The van der Waals surface area contributed by atoms with Crippen LogP contribution in [-0.2, 0) is 0 Å². The lowest BCUT2D eigenvalue weighted by Crippen LogP contribution is -2.12. The van der Waals surface area contributed by atoms with Gasteiger partial charge in [0.1, 0.15) is 17.5 Å². The quantitative estimate of drug-likeness (QED) is 0.649. The van der Waals surface area contributed by atoms with Crippen LogP contribution < -0.4 is 10.6 Å². The molecule has 0 atom stereocenters. The van der Waals surface area contributed by atoms with Crippen molar-refractivity contribution in [3.63, 3.8) is 0 Å². The van der Waals surface area contributed by atoms with Crippen LogP contribution in [0.1, 0.15) is 27.6 Å². The first kappa shape index (κ1) is 18.2. The molecule has 7 heteroatoms. The number of nitrogens with one attached hydrogen (secondary N) is 2. The average Bonchev–Trinajstić information content (AvgIpc) is 2.65. The molecule has 2 N–H and O–H groups in total. The maximum atomic E-state index is 13.7. The Morgan fingerprint density at radius 3 is 2.33 bits per heavy atom. The molecule has 3 rings (SSSR count). The minimum Gasteiger partial charge on any atom is -0.338 e. The van der Waals surface area contributed by atoms with Crippen LogP contribution in [0.25, 0.3) is 0 Å². The zero-order valence-electron chi connectivity index (χ0n) is 14.3. The van der Waals surface area contributed by atoms with E-state index >= 15 is 0 Å². The Bertz CT molecular complexity index is 1000. The number of carbonyl (C=O) groups excluding carboxylic acids is 2.